The van der Waals surface area contributed by atoms with E-state index in [-0.39, 0.29) is 0 Å². The molecule has 16 heavy (non-hydrogen) atoms. The second-order valence-electron chi connectivity index (χ2n) is 4.04. The maximum absolute atomic E-state index is 9.07. The van der Waals surface area contributed by atoms with E-state index in [9.17, 15) is 0 Å². The molecule has 1 heterocycles. The standard InChI is InChI=1S/C12H18N4/c1-4-5-16(9(2)3)12-10(7-13)6-11(14)8-15-12/h6,8-9H,4-5,14H2,1-3H3. The molecule has 2 N–H and O–H groups in total. The van der Waals surface area contributed by atoms with E-state index in [0.717, 1.165) is 18.8 Å². The Morgan fingerprint density at radius 2 is 2.25 bits per heavy atom. The van der Waals surface area contributed by atoms with Gasteiger partial charge in [0.15, 0.2) is 0 Å². The van der Waals surface area contributed by atoms with Gasteiger partial charge in [0.1, 0.15) is 11.9 Å². The van der Waals surface area contributed by atoms with Crippen molar-refractivity contribution in [2.75, 3.05) is 17.2 Å². The number of pyridine rings is 1. The van der Waals surface area contributed by atoms with E-state index in [1.165, 1.54) is 0 Å². The molecule has 0 aliphatic heterocycles. The molecule has 1 aromatic heterocycles. The third kappa shape index (κ3) is 2.63. The lowest BCUT2D eigenvalue weighted by molar-refractivity contribution is 0.661. The normalized spacial score (nSPS) is 10.2. The average Bonchev–Trinajstić information content (AvgIpc) is 2.26. The zero-order valence-corrected chi connectivity index (χ0v) is 10.1. The molecule has 0 aliphatic carbocycles. The average molecular weight is 218 g/mol. The first-order chi connectivity index (χ1) is 7.60. The van der Waals surface area contributed by atoms with Gasteiger partial charge in [-0.15, -0.1) is 0 Å². The van der Waals surface area contributed by atoms with E-state index in [4.69, 9.17) is 11.0 Å². The smallest absolute Gasteiger partial charge is 0.146 e. The Labute approximate surface area is 96.7 Å². The van der Waals surface area contributed by atoms with Crippen molar-refractivity contribution in [1.29, 1.82) is 5.26 Å². The number of nitrogens with two attached hydrogens (primary N) is 1. The van der Waals surface area contributed by atoms with Gasteiger partial charge in [0.25, 0.3) is 0 Å². The van der Waals surface area contributed by atoms with Crippen LogP contribution in [0.1, 0.15) is 32.8 Å². The first-order valence-corrected chi connectivity index (χ1v) is 5.52. The Morgan fingerprint density at radius 1 is 1.56 bits per heavy atom. The molecule has 0 bridgehead atoms. The summed E-state index contributed by atoms with van der Waals surface area (Å²) in [6.45, 7) is 7.19. The summed E-state index contributed by atoms with van der Waals surface area (Å²) in [5.74, 6) is 0.730. The second kappa shape index (κ2) is 5.36. The number of nitrogen functional groups attached to an aromatic ring is 1. The van der Waals surface area contributed by atoms with Crippen LogP contribution in [-0.2, 0) is 0 Å². The van der Waals surface area contributed by atoms with Gasteiger partial charge in [-0.1, -0.05) is 6.92 Å². The van der Waals surface area contributed by atoms with Crippen molar-refractivity contribution in [3.05, 3.63) is 17.8 Å². The van der Waals surface area contributed by atoms with Gasteiger partial charge >= 0.3 is 0 Å². The molecule has 0 radical (unpaired) electrons. The Bertz CT molecular complexity index is 392. The molecule has 1 aromatic rings. The maximum Gasteiger partial charge on any atom is 0.146 e. The lowest BCUT2D eigenvalue weighted by atomic mass is 10.2. The van der Waals surface area contributed by atoms with Crippen LogP contribution in [0.15, 0.2) is 12.3 Å². The van der Waals surface area contributed by atoms with Gasteiger partial charge in [0.05, 0.1) is 17.4 Å². The Balaban J connectivity index is 3.14. The minimum atomic E-state index is 0.322. The van der Waals surface area contributed by atoms with Crippen molar-refractivity contribution in [3.63, 3.8) is 0 Å². The molecule has 4 nitrogen and oxygen atoms in total. The van der Waals surface area contributed by atoms with Gasteiger partial charge in [0.2, 0.25) is 0 Å². The largest absolute Gasteiger partial charge is 0.397 e. The predicted octanol–water partition coefficient (Wildman–Crippen LogP) is 2.16. The van der Waals surface area contributed by atoms with E-state index in [1.807, 2.05) is 0 Å². The van der Waals surface area contributed by atoms with Crippen LogP contribution in [0.2, 0.25) is 0 Å². The van der Waals surface area contributed by atoms with E-state index >= 15 is 0 Å². The molecule has 86 valence electrons. The molecule has 4 heteroatoms. The van der Waals surface area contributed by atoms with Crippen LogP contribution in [0.5, 0.6) is 0 Å². The van der Waals surface area contributed by atoms with Crippen LogP contribution >= 0.6 is 0 Å². The van der Waals surface area contributed by atoms with E-state index in [1.54, 1.807) is 12.3 Å². The summed E-state index contributed by atoms with van der Waals surface area (Å²) in [6.07, 6.45) is 2.62. The highest BCUT2D eigenvalue weighted by molar-refractivity contribution is 5.59. The molecular weight excluding hydrogens is 200 g/mol. The topological polar surface area (TPSA) is 65.9 Å². The van der Waals surface area contributed by atoms with Crippen molar-refractivity contribution < 1.29 is 0 Å². The van der Waals surface area contributed by atoms with Crippen molar-refractivity contribution in [2.24, 2.45) is 0 Å². The molecule has 1 rings (SSSR count). The lowest BCUT2D eigenvalue weighted by Gasteiger charge is -2.28. The van der Waals surface area contributed by atoms with Crippen LogP contribution in [0.4, 0.5) is 11.5 Å². The van der Waals surface area contributed by atoms with Crippen LogP contribution in [0.3, 0.4) is 0 Å². The number of rotatable bonds is 4. The molecule has 0 unspecified atom stereocenters. The summed E-state index contributed by atoms with van der Waals surface area (Å²) in [4.78, 5) is 6.39. The zero-order chi connectivity index (χ0) is 12.1. The summed E-state index contributed by atoms with van der Waals surface area (Å²) in [5, 5.41) is 9.07. The van der Waals surface area contributed by atoms with Crippen molar-refractivity contribution in [2.45, 2.75) is 33.2 Å². The Kier molecular flexibility index (Phi) is 4.12. The summed E-state index contributed by atoms with van der Waals surface area (Å²) >= 11 is 0. The van der Waals surface area contributed by atoms with E-state index < -0.39 is 0 Å². The molecule has 0 aromatic carbocycles. The second-order valence-corrected chi connectivity index (χ2v) is 4.04. The SMILES string of the molecule is CCCN(c1ncc(N)cc1C#N)C(C)C. The first-order valence-electron chi connectivity index (χ1n) is 5.52. The van der Waals surface area contributed by atoms with Gasteiger partial charge in [-0.25, -0.2) is 4.98 Å². The fourth-order valence-corrected chi connectivity index (χ4v) is 1.63. The number of anilines is 2. The van der Waals surface area contributed by atoms with Crippen LogP contribution in [0.25, 0.3) is 0 Å². The third-order valence-electron chi connectivity index (χ3n) is 2.37. The number of hydrogen-bond acceptors (Lipinski definition) is 4. The van der Waals surface area contributed by atoms with Crippen molar-refractivity contribution in [3.8, 4) is 6.07 Å². The van der Waals surface area contributed by atoms with Crippen LogP contribution in [-0.4, -0.2) is 17.6 Å². The molecule has 0 amide bonds. The minimum Gasteiger partial charge on any atom is -0.397 e. The lowest BCUT2D eigenvalue weighted by Crippen LogP contribution is -2.32. The summed E-state index contributed by atoms with van der Waals surface area (Å²) < 4.78 is 0. The number of hydrogen-bond donors (Lipinski definition) is 1. The molecule has 0 saturated heterocycles. The molecule has 0 saturated carbocycles. The Morgan fingerprint density at radius 3 is 2.75 bits per heavy atom. The highest BCUT2D eigenvalue weighted by Crippen LogP contribution is 2.21. The van der Waals surface area contributed by atoms with Crippen molar-refractivity contribution >= 4 is 11.5 Å². The van der Waals surface area contributed by atoms with Gasteiger partial charge < -0.3 is 10.6 Å². The number of nitrogens with zero attached hydrogens (tertiary/aromatic N) is 3. The van der Waals surface area contributed by atoms with E-state index in [0.29, 0.717) is 17.3 Å². The van der Waals surface area contributed by atoms with Gasteiger partial charge in [-0.2, -0.15) is 5.26 Å². The van der Waals surface area contributed by atoms with E-state index in [2.05, 4.69) is 36.7 Å². The fourth-order valence-electron chi connectivity index (χ4n) is 1.63. The third-order valence-corrected chi connectivity index (χ3v) is 2.37. The number of nitriles is 1. The maximum atomic E-state index is 9.07. The molecule has 0 spiro atoms. The molecule has 0 fully saturated rings. The van der Waals surface area contributed by atoms with Crippen molar-refractivity contribution in [1.82, 2.24) is 4.98 Å². The van der Waals surface area contributed by atoms with Crippen LogP contribution in [0, 0.1) is 11.3 Å². The zero-order valence-electron chi connectivity index (χ0n) is 10.1. The first kappa shape index (κ1) is 12.3. The minimum absolute atomic E-state index is 0.322. The summed E-state index contributed by atoms with van der Waals surface area (Å²) in [7, 11) is 0. The molecule has 0 aliphatic rings. The molecule has 0 atom stereocenters. The van der Waals surface area contributed by atoms with Crippen LogP contribution < -0.4 is 10.6 Å². The quantitative estimate of drug-likeness (QED) is 0.841. The number of aromatic nitrogens is 1. The highest BCUT2D eigenvalue weighted by atomic mass is 15.2. The monoisotopic (exact) mass is 218 g/mol. The summed E-state index contributed by atoms with van der Waals surface area (Å²) in [6, 6.07) is 4.14. The predicted molar refractivity (Wildman–Crippen MR) is 66.1 cm³/mol. The van der Waals surface area contributed by atoms with Gasteiger partial charge in [-0.05, 0) is 26.3 Å². The summed E-state index contributed by atoms with van der Waals surface area (Å²) in [5.41, 5.74) is 6.69. The Hall–Kier alpha value is -1.76. The fraction of sp³-hybridized carbons (Fsp3) is 0.500. The highest BCUT2D eigenvalue weighted by Gasteiger charge is 2.15. The van der Waals surface area contributed by atoms with Gasteiger partial charge in [0, 0.05) is 12.6 Å². The van der Waals surface area contributed by atoms with Gasteiger partial charge in [-0.3, -0.25) is 0 Å². The molecular formula is C12H18N4.